The maximum absolute atomic E-state index is 11.9. The van der Waals surface area contributed by atoms with Gasteiger partial charge in [0.05, 0.1) is 11.4 Å². The lowest BCUT2D eigenvalue weighted by atomic mass is 10.2. The Morgan fingerprint density at radius 1 is 1.39 bits per heavy atom. The molecule has 0 saturated heterocycles. The minimum absolute atomic E-state index is 0.0313. The van der Waals surface area contributed by atoms with Crippen molar-refractivity contribution in [1.29, 1.82) is 0 Å². The lowest BCUT2D eigenvalue weighted by Gasteiger charge is -2.08. The van der Waals surface area contributed by atoms with E-state index in [1.807, 2.05) is 12.1 Å². The summed E-state index contributed by atoms with van der Waals surface area (Å²) in [5.74, 6) is 0.616. The summed E-state index contributed by atoms with van der Waals surface area (Å²) in [5.41, 5.74) is 1.21. The van der Waals surface area contributed by atoms with Gasteiger partial charge >= 0.3 is 0 Å². The third-order valence-corrected chi connectivity index (χ3v) is 3.56. The van der Waals surface area contributed by atoms with E-state index in [0.29, 0.717) is 17.3 Å². The average molecular weight is 266 g/mol. The first-order valence-electron chi connectivity index (χ1n) is 5.94. The average Bonchev–Trinajstić information content (AvgIpc) is 2.96. The number of para-hydroxylation sites is 1. The zero-order valence-electron chi connectivity index (χ0n) is 10.8. The molecule has 0 aliphatic heterocycles. The van der Waals surface area contributed by atoms with Gasteiger partial charge in [0.2, 0.25) is 5.91 Å². The van der Waals surface area contributed by atoms with Gasteiger partial charge in [-0.1, -0.05) is 19.1 Å². The van der Waals surface area contributed by atoms with Crippen molar-refractivity contribution in [2.75, 3.05) is 17.8 Å². The summed E-state index contributed by atoms with van der Waals surface area (Å²) >= 11 is 0. The van der Waals surface area contributed by atoms with Crippen LogP contribution in [0.5, 0.6) is 0 Å². The predicted octanol–water partition coefficient (Wildman–Crippen LogP) is 2.64. The SMILES string of the molecule is CC1CC1C(=O)Nc1ccccc1N=S(C)(C)=O. The molecule has 1 amide bonds. The fourth-order valence-corrected chi connectivity index (χ4v) is 2.44. The zero-order chi connectivity index (χ0) is 13.3. The molecule has 4 nitrogen and oxygen atoms in total. The van der Waals surface area contributed by atoms with E-state index in [4.69, 9.17) is 0 Å². The van der Waals surface area contributed by atoms with Crippen LogP contribution in [0.3, 0.4) is 0 Å². The highest BCUT2D eigenvalue weighted by Gasteiger charge is 2.39. The molecular weight excluding hydrogens is 248 g/mol. The summed E-state index contributed by atoms with van der Waals surface area (Å²) in [6.07, 6.45) is 4.10. The Kier molecular flexibility index (Phi) is 3.43. The fraction of sp³-hybridized carbons (Fsp3) is 0.462. The first-order valence-corrected chi connectivity index (χ1v) is 8.27. The molecule has 0 spiro atoms. The number of hydrogen-bond donors (Lipinski definition) is 1. The second-order valence-corrected chi connectivity index (χ2v) is 7.64. The van der Waals surface area contributed by atoms with Gasteiger partial charge < -0.3 is 5.32 Å². The third-order valence-electron chi connectivity index (χ3n) is 2.93. The molecule has 98 valence electrons. The molecule has 18 heavy (non-hydrogen) atoms. The highest BCUT2D eigenvalue weighted by molar-refractivity contribution is 7.92. The van der Waals surface area contributed by atoms with Crippen molar-refractivity contribution in [3.05, 3.63) is 24.3 Å². The van der Waals surface area contributed by atoms with E-state index in [1.54, 1.807) is 24.6 Å². The Morgan fingerprint density at radius 3 is 2.56 bits per heavy atom. The second kappa shape index (κ2) is 4.72. The molecule has 2 rings (SSSR count). The van der Waals surface area contributed by atoms with Crippen molar-refractivity contribution in [2.45, 2.75) is 13.3 Å². The summed E-state index contributed by atoms with van der Waals surface area (Å²) in [6, 6.07) is 7.20. The quantitative estimate of drug-likeness (QED) is 0.914. The molecule has 1 saturated carbocycles. The lowest BCUT2D eigenvalue weighted by molar-refractivity contribution is -0.117. The molecule has 2 atom stereocenters. The van der Waals surface area contributed by atoms with Gasteiger partial charge in [0.15, 0.2) is 0 Å². The van der Waals surface area contributed by atoms with Gasteiger partial charge in [0.25, 0.3) is 0 Å². The van der Waals surface area contributed by atoms with Crippen LogP contribution < -0.4 is 5.32 Å². The predicted molar refractivity (Wildman–Crippen MR) is 74.4 cm³/mol. The molecular formula is C13H18N2O2S. The smallest absolute Gasteiger partial charge is 0.227 e. The third kappa shape index (κ3) is 3.32. The maximum Gasteiger partial charge on any atom is 0.227 e. The number of anilines is 1. The molecule has 1 aliphatic rings. The first kappa shape index (κ1) is 13.1. The van der Waals surface area contributed by atoms with Crippen molar-refractivity contribution >= 4 is 27.0 Å². The zero-order valence-corrected chi connectivity index (χ0v) is 11.7. The Balaban J connectivity index is 2.23. The summed E-state index contributed by atoms with van der Waals surface area (Å²) in [6.45, 7) is 2.06. The van der Waals surface area contributed by atoms with Gasteiger partial charge in [-0.05, 0) is 24.5 Å². The van der Waals surface area contributed by atoms with Crippen molar-refractivity contribution < 1.29 is 9.00 Å². The van der Waals surface area contributed by atoms with Crippen molar-refractivity contribution in [3.8, 4) is 0 Å². The molecule has 0 heterocycles. The summed E-state index contributed by atoms with van der Waals surface area (Å²) in [5, 5.41) is 2.87. The van der Waals surface area contributed by atoms with E-state index in [2.05, 4.69) is 16.6 Å². The molecule has 0 aromatic heterocycles. The molecule has 1 aromatic rings. The highest BCUT2D eigenvalue weighted by Crippen LogP contribution is 2.39. The maximum atomic E-state index is 11.9. The Morgan fingerprint density at radius 2 is 2.00 bits per heavy atom. The summed E-state index contributed by atoms with van der Waals surface area (Å²) in [7, 11) is -2.23. The van der Waals surface area contributed by atoms with Crippen molar-refractivity contribution in [2.24, 2.45) is 16.2 Å². The van der Waals surface area contributed by atoms with Crippen molar-refractivity contribution in [3.63, 3.8) is 0 Å². The topological polar surface area (TPSA) is 58.5 Å². The van der Waals surface area contributed by atoms with Crippen LogP contribution in [0, 0.1) is 11.8 Å². The van der Waals surface area contributed by atoms with Crippen LogP contribution in [0.2, 0.25) is 0 Å². The standard InChI is InChI=1S/C13H18N2O2S/c1-9-8-10(9)13(16)14-11-6-4-5-7-12(11)15-18(2,3)17/h4-7,9-10H,8H2,1-3H3,(H,14,16). The molecule has 1 fully saturated rings. The number of amides is 1. The molecule has 1 aromatic carbocycles. The first-order chi connectivity index (χ1) is 8.37. The minimum atomic E-state index is -2.23. The van der Waals surface area contributed by atoms with Crippen LogP contribution in [0.4, 0.5) is 11.4 Å². The van der Waals surface area contributed by atoms with E-state index >= 15 is 0 Å². The number of carbonyl (C=O) groups excluding carboxylic acids is 1. The second-order valence-electron chi connectivity index (χ2n) is 5.10. The Hall–Kier alpha value is -1.36. The number of hydrogen-bond acceptors (Lipinski definition) is 3. The van der Waals surface area contributed by atoms with E-state index in [-0.39, 0.29) is 11.8 Å². The molecule has 2 unspecified atom stereocenters. The fourth-order valence-electron chi connectivity index (χ4n) is 1.81. The van der Waals surface area contributed by atoms with E-state index in [0.717, 1.165) is 6.42 Å². The van der Waals surface area contributed by atoms with Gasteiger partial charge in [-0.2, -0.15) is 4.36 Å². The number of benzene rings is 1. The van der Waals surface area contributed by atoms with Crippen LogP contribution >= 0.6 is 0 Å². The summed E-state index contributed by atoms with van der Waals surface area (Å²) < 4.78 is 15.9. The highest BCUT2D eigenvalue weighted by atomic mass is 32.2. The van der Waals surface area contributed by atoms with Gasteiger partial charge in [0, 0.05) is 28.2 Å². The normalized spacial score (nSPS) is 22.4. The lowest BCUT2D eigenvalue weighted by Crippen LogP contribution is -2.14. The van der Waals surface area contributed by atoms with Crippen LogP contribution in [-0.2, 0) is 14.5 Å². The monoisotopic (exact) mass is 266 g/mol. The summed E-state index contributed by atoms with van der Waals surface area (Å²) in [4.78, 5) is 11.9. The van der Waals surface area contributed by atoms with Gasteiger partial charge in [-0.25, -0.2) is 4.21 Å². The van der Waals surface area contributed by atoms with Crippen LogP contribution in [0.25, 0.3) is 0 Å². The van der Waals surface area contributed by atoms with Gasteiger partial charge in [0.1, 0.15) is 0 Å². The molecule has 0 bridgehead atoms. The largest absolute Gasteiger partial charge is 0.324 e. The van der Waals surface area contributed by atoms with E-state index in [1.165, 1.54) is 0 Å². The number of nitrogens with zero attached hydrogens (tertiary/aromatic N) is 1. The van der Waals surface area contributed by atoms with Gasteiger partial charge in [-0.15, -0.1) is 0 Å². The van der Waals surface area contributed by atoms with Crippen molar-refractivity contribution in [1.82, 2.24) is 0 Å². The molecule has 0 radical (unpaired) electrons. The molecule has 1 N–H and O–H groups in total. The molecule has 1 aliphatic carbocycles. The molecule has 5 heteroatoms. The number of nitrogens with one attached hydrogen (secondary N) is 1. The van der Waals surface area contributed by atoms with Gasteiger partial charge in [-0.3, -0.25) is 4.79 Å². The van der Waals surface area contributed by atoms with E-state index < -0.39 is 9.73 Å². The Labute approximate surface area is 108 Å². The van der Waals surface area contributed by atoms with Crippen LogP contribution in [0.1, 0.15) is 13.3 Å². The Bertz CT molecular complexity index is 580. The van der Waals surface area contributed by atoms with Crippen LogP contribution in [0.15, 0.2) is 28.6 Å². The number of carbonyl (C=O) groups is 1. The van der Waals surface area contributed by atoms with Crippen LogP contribution in [-0.4, -0.2) is 22.6 Å². The van der Waals surface area contributed by atoms with E-state index in [9.17, 15) is 9.00 Å². The minimum Gasteiger partial charge on any atom is -0.324 e. The number of rotatable bonds is 3.